The zero-order chi connectivity index (χ0) is 28.5. The first-order valence-corrected chi connectivity index (χ1v) is 14.2. The fourth-order valence-corrected chi connectivity index (χ4v) is 5.95. The van der Waals surface area contributed by atoms with Gasteiger partial charge in [-0.2, -0.15) is 0 Å². The van der Waals surface area contributed by atoms with E-state index in [1.807, 2.05) is 18.2 Å². The van der Waals surface area contributed by atoms with Gasteiger partial charge < -0.3 is 4.57 Å². The van der Waals surface area contributed by atoms with Crippen LogP contribution in [0, 0.1) is 0 Å². The van der Waals surface area contributed by atoms with E-state index in [1.54, 1.807) is 0 Å². The van der Waals surface area contributed by atoms with Crippen molar-refractivity contribution in [3.63, 3.8) is 0 Å². The average molecular weight is 536 g/mol. The topological polar surface area (TPSA) is 4.93 Å². The minimum atomic E-state index is 0.850. The third-order valence-corrected chi connectivity index (χ3v) is 7.95. The number of allylic oxidation sites excluding steroid dienone is 7. The van der Waals surface area contributed by atoms with Gasteiger partial charge in [-0.25, -0.2) is 0 Å². The highest BCUT2D eigenvalue weighted by atomic mass is 15.0. The number of aromatic nitrogens is 1. The number of hydrogen-bond acceptors (Lipinski definition) is 0. The average Bonchev–Trinajstić information content (AvgIpc) is 3.19. The highest BCUT2D eigenvalue weighted by molar-refractivity contribution is 6.14. The molecule has 198 valence electrons. The summed E-state index contributed by atoms with van der Waals surface area (Å²) >= 11 is 0. The van der Waals surface area contributed by atoms with Crippen molar-refractivity contribution >= 4 is 38.6 Å². The van der Waals surface area contributed by atoms with Gasteiger partial charge in [0.1, 0.15) is 0 Å². The number of fused-ring (bicyclic) bond motifs is 3. The molecule has 0 aliphatic heterocycles. The quantitative estimate of drug-likeness (QED) is 0.148. The molecular weight excluding hydrogens is 506 g/mol. The maximum atomic E-state index is 4.33. The van der Waals surface area contributed by atoms with E-state index >= 15 is 0 Å². The fourth-order valence-electron chi connectivity index (χ4n) is 5.95. The van der Waals surface area contributed by atoms with Gasteiger partial charge in [-0.3, -0.25) is 0 Å². The van der Waals surface area contributed by atoms with Crippen molar-refractivity contribution in [1.82, 2.24) is 4.57 Å². The molecule has 1 heteroatoms. The smallest absolute Gasteiger partial charge is 0.0541 e. The fraction of sp³-hybridized carbons (Fsp3) is 0. The van der Waals surface area contributed by atoms with Crippen LogP contribution >= 0.6 is 0 Å². The summed E-state index contributed by atoms with van der Waals surface area (Å²) in [5.41, 5.74) is 15.9. The first kappa shape index (κ1) is 25.4. The number of benzene rings is 5. The minimum absolute atomic E-state index is 0.850. The van der Waals surface area contributed by atoms with Gasteiger partial charge >= 0.3 is 0 Å². The molecule has 1 aliphatic rings. The van der Waals surface area contributed by atoms with Crippen LogP contribution in [0.4, 0.5) is 0 Å². The predicted molar refractivity (Wildman–Crippen MR) is 181 cm³/mol. The molecule has 0 N–H and O–H groups in total. The Hall–Kier alpha value is -5.62. The largest absolute Gasteiger partial charge is 0.310 e. The molecule has 5 aromatic carbocycles. The van der Waals surface area contributed by atoms with Crippen LogP contribution in [0.15, 0.2) is 171 Å². The molecular formula is C41H29N. The summed E-state index contributed by atoms with van der Waals surface area (Å²) in [6.45, 7) is 8.36. The van der Waals surface area contributed by atoms with Crippen molar-refractivity contribution in [2.75, 3.05) is 0 Å². The first-order valence-electron chi connectivity index (χ1n) is 14.2. The Bertz CT molecular complexity index is 2130. The van der Waals surface area contributed by atoms with E-state index in [9.17, 15) is 0 Å². The molecule has 6 aromatic rings. The van der Waals surface area contributed by atoms with Crippen molar-refractivity contribution in [2.24, 2.45) is 0 Å². The number of hydrogen-bond donors (Lipinski definition) is 0. The number of nitrogens with zero attached hydrogens (tertiary/aromatic N) is 1. The summed E-state index contributed by atoms with van der Waals surface area (Å²) < 4.78 is 2.21. The Morgan fingerprint density at radius 2 is 1.17 bits per heavy atom. The Morgan fingerprint density at radius 3 is 1.83 bits per heavy atom. The lowest BCUT2D eigenvalue weighted by Crippen LogP contribution is -1.93. The Morgan fingerprint density at radius 1 is 0.595 bits per heavy atom. The van der Waals surface area contributed by atoms with Crippen molar-refractivity contribution < 1.29 is 0 Å². The van der Waals surface area contributed by atoms with Crippen LogP contribution in [0.3, 0.4) is 0 Å². The lowest BCUT2D eigenvalue weighted by atomic mass is 9.91. The van der Waals surface area contributed by atoms with Crippen molar-refractivity contribution in [3.8, 4) is 22.3 Å². The summed E-state index contributed by atoms with van der Waals surface area (Å²) in [5.74, 6) is 0. The molecule has 0 spiro atoms. The van der Waals surface area contributed by atoms with Crippen LogP contribution in [-0.2, 0) is 0 Å². The highest BCUT2D eigenvalue weighted by Crippen LogP contribution is 2.40. The Labute approximate surface area is 246 Å². The normalized spacial score (nSPS) is 12.7. The van der Waals surface area contributed by atoms with E-state index < -0.39 is 0 Å². The van der Waals surface area contributed by atoms with E-state index in [1.165, 1.54) is 38.6 Å². The van der Waals surface area contributed by atoms with E-state index in [0.717, 1.165) is 33.4 Å². The molecule has 0 saturated carbocycles. The first-order chi connectivity index (χ1) is 20.7. The van der Waals surface area contributed by atoms with Gasteiger partial charge in [-0.1, -0.05) is 128 Å². The monoisotopic (exact) mass is 535 g/mol. The third kappa shape index (κ3) is 4.39. The molecule has 0 unspecified atom stereocenters. The minimum Gasteiger partial charge on any atom is -0.310 e. The van der Waals surface area contributed by atoms with Crippen LogP contribution in [-0.4, -0.2) is 4.57 Å². The van der Waals surface area contributed by atoms with Crippen LogP contribution < -0.4 is 0 Å². The van der Waals surface area contributed by atoms with Crippen molar-refractivity contribution in [1.29, 1.82) is 0 Å². The summed E-state index contributed by atoms with van der Waals surface area (Å²) in [7, 11) is 0. The number of rotatable bonds is 6. The molecule has 1 aliphatic carbocycles. The van der Waals surface area contributed by atoms with Gasteiger partial charge in [0.25, 0.3) is 0 Å². The Balaban J connectivity index is 1.46. The van der Waals surface area contributed by atoms with Crippen molar-refractivity contribution in [3.05, 3.63) is 182 Å². The zero-order valence-corrected chi connectivity index (χ0v) is 23.3. The molecule has 42 heavy (non-hydrogen) atoms. The molecule has 1 aromatic heterocycles. The summed E-state index contributed by atoms with van der Waals surface area (Å²) in [6.07, 6.45) is 10.1. The van der Waals surface area contributed by atoms with Crippen LogP contribution in [0.2, 0.25) is 0 Å². The Kier molecular flexibility index (Phi) is 6.49. The van der Waals surface area contributed by atoms with Gasteiger partial charge in [0, 0.05) is 22.0 Å². The maximum absolute atomic E-state index is 4.33. The second-order valence-corrected chi connectivity index (χ2v) is 10.4. The lowest BCUT2D eigenvalue weighted by Gasteiger charge is -2.12. The van der Waals surface area contributed by atoms with Crippen LogP contribution in [0.25, 0.3) is 60.9 Å². The van der Waals surface area contributed by atoms with Crippen molar-refractivity contribution in [2.45, 2.75) is 0 Å². The highest BCUT2D eigenvalue weighted by Gasteiger charge is 2.17. The molecule has 1 heterocycles. The van der Waals surface area contributed by atoms with E-state index in [2.05, 4.69) is 157 Å². The molecule has 0 saturated heterocycles. The third-order valence-electron chi connectivity index (χ3n) is 7.95. The van der Waals surface area contributed by atoms with Gasteiger partial charge in [-0.05, 0) is 75.4 Å². The van der Waals surface area contributed by atoms with E-state index in [4.69, 9.17) is 0 Å². The molecule has 0 fully saturated rings. The second-order valence-electron chi connectivity index (χ2n) is 10.4. The molecule has 0 atom stereocenters. The van der Waals surface area contributed by atoms with E-state index in [-0.39, 0.29) is 0 Å². The SMILES string of the molecule is C=CC(=C)n1c2ccc(C3=C=CC=CC=C3c3ccccc3)cc2c2cc(-c3ccccc3-c3ccccc3)ccc21. The second kappa shape index (κ2) is 10.7. The van der Waals surface area contributed by atoms with Gasteiger partial charge in [0.05, 0.1) is 11.0 Å². The van der Waals surface area contributed by atoms with Crippen LogP contribution in [0.1, 0.15) is 11.1 Å². The summed E-state index contributed by atoms with van der Waals surface area (Å²) in [4.78, 5) is 0. The summed E-state index contributed by atoms with van der Waals surface area (Å²) in [6, 6.07) is 43.2. The zero-order valence-electron chi connectivity index (χ0n) is 23.3. The molecule has 1 nitrogen and oxygen atoms in total. The molecule has 7 rings (SSSR count). The van der Waals surface area contributed by atoms with Gasteiger partial charge in [0.2, 0.25) is 0 Å². The lowest BCUT2D eigenvalue weighted by molar-refractivity contribution is 1.25. The summed E-state index contributed by atoms with van der Waals surface area (Å²) in [5, 5.41) is 2.35. The van der Waals surface area contributed by atoms with Gasteiger partial charge in [0.15, 0.2) is 0 Å². The molecule has 0 amide bonds. The predicted octanol–water partition coefficient (Wildman–Crippen LogP) is 11.0. The standard InChI is InChI=1S/C41H29N/c1-3-29(2)42-40-25-23-32(36-20-12-6-11-19-34(36)30-15-7-4-8-16-30)27-38(40)39-28-33(24-26-41(39)42)37-22-14-13-21-35(37)31-17-9-5-10-18-31/h3-19,21-28H,1-2H2. The van der Waals surface area contributed by atoms with Crippen LogP contribution in [0.5, 0.6) is 0 Å². The van der Waals surface area contributed by atoms with Gasteiger partial charge in [-0.15, -0.1) is 5.73 Å². The van der Waals surface area contributed by atoms with E-state index in [0.29, 0.717) is 0 Å². The molecule has 0 bridgehead atoms. The maximum Gasteiger partial charge on any atom is 0.0541 e. The molecule has 0 radical (unpaired) electrons.